The molecule has 2 rings (SSSR count). The smallest absolute Gasteiger partial charge is 0.245 e. The minimum Gasteiger partial charge on any atom is -0.394 e. The average molecular weight is 348 g/mol. The van der Waals surface area contributed by atoms with Crippen LogP contribution in [0.4, 0.5) is 0 Å². The standard InChI is InChI=1S/C14H24N2O8/c1-6(19)16-7(4-17)3-14(11(16)13(23)15-2)12(22)10(21)9(20)8(5-18)24-14/h7-12,17-18,20-22H,3-5H2,1-2H3,(H,15,23)/t7-,8+,9+,10-,11+,12+,14-/m0/s1. The molecule has 2 saturated heterocycles. The molecule has 2 aliphatic rings. The van der Waals surface area contributed by atoms with E-state index in [2.05, 4.69) is 5.32 Å². The molecule has 0 bridgehead atoms. The van der Waals surface area contributed by atoms with Crippen molar-refractivity contribution in [2.24, 2.45) is 0 Å². The second-order valence-corrected chi connectivity index (χ2v) is 6.20. The largest absolute Gasteiger partial charge is 0.394 e. The third-order valence-electron chi connectivity index (χ3n) is 4.86. The second-order valence-electron chi connectivity index (χ2n) is 6.20. The van der Waals surface area contributed by atoms with Crippen molar-refractivity contribution in [1.29, 1.82) is 0 Å². The molecule has 2 fully saturated rings. The molecule has 2 aliphatic heterocycles. The first-order chi connectivity index (χ1) is 11.2. The lowest BCUT2D eigenvalue weighted by molar-refractivity contribution is -0.277. The van der Waals surface area contributed by atoms with Crippen molar-refractivity contribution >= 4 is 11.8 Å². The van der Waals surface area contributed by atoms with E-state index in [1.54, 1.807) is 0 Å². The Bertz CT molecular complexity index is 501. The van der Waals surface area contributed by atoms with Gasteiger partial charge in [0.1, 0.15) is 36.1 Å². The van der Waals surface area contributed by atoms with E-state index in [0.29, 0.717) is 0 Å². The number of aliphatic hydroxyl groups is 5. The molecule has 0 aliphatic carbocycles. The fourth-order valence-electron chi connectivity index (χ4n) is 3.76. The van der Waals surface area contributed by atoms with Crippen molar-refractivity contribution < 1.29 is 39.9 Å². The summed E-state index contributed by atoms with van der Waals surface area (Å²) < 4.78 is 5.65. The molecule has 138 valence electrons. The molecule has 0 aromatic heterocycles. The van der Waals surface area contributed by atoms with Crippen LogP contribution in [0.3, 0.4) is 0 Å². The monoisotopic (exact) mass is 348 g/mol. The minimum absolute atomic E-state index is 0.136. The van der Waals surface area contributed by atoms with Gasteiger partial charge in [-0.2, -0.15) is 0 Å². The van der Waals surface area contributed by atoms with Gasteiger partial charge in [-0.25, -0.2) is 0 Å². The van der Waals surface area contributed by atoms with Crippen LogP contribution in [0.1, 0.15) is 13.3 Å². The number of rotatable bonds is 3. The Morgan fingerprint density at radius 2 is 1.83 bits per heavy atom. The molecule has 24 heavy (non-hydrogen) atoms. The Morgan fingerprint density at radius 3 is 2.29 bits per heavy atom. The fraction of sp³-hybridized carbons (Fsp3) is 0.857. The molecule has 0 aromatic carbocycles. The molecule has 1 spiro atoms. The number of carbonyl (C=O) groups is 2. The third kappa shape index (κ3) is 2.68. The number of nitrogens with zero attached hydrogens (tertiary/aromatic N) is 1. The van der Waals surface area contributed by atoms with E-state index in [1.165, 1.54) is 14.0 Å². The van der Waals surface area contributed by atoms with Crippen LogP contribution < -0.4 is 5.32 Å². The summed E-state index contributed by atoms with van der Waals surface area (Å²) in [5.41, 5.74) is -1.76. The number of aliphatic hydroxyl groups excluding tert-OH is 5. The van der Waals surface area contributed by atoms with Gasteiger partial charge in [-0.05, 0) is 0 Å². The molecule has 2 amide bonds. The summed E-state index contributed by atoms with van der Waals surface area (Å²) in [6.45, 7) is 0.0754. The lowest BCUT2D eigenvalue weighted by Gasteiger charge is -2.49. The van der Waals surface area contributed by atoms with E-state index in [0.717, 1.165) is 4.90 Å². The maximum Gasteiger partial charge on any atom is 0.245 e. The zero-order valence-electron chi connectivity index (χ0n) is 13.5. The number of likely N-dealkylation sites (tertiary alicyclic amines) is 1. The highest BCUT2D eigenvalue weighted by molar-refractivity contribution is 5.89. The molecule has 0 unspecified atom stereocenters. The van der Waals surface area contributed by atoms with E-state index >= 15 is 0 Å². The van der Waals surface area contributed by atoms with Gasteiger partial charge in [-0.3, -0.25) is 9.59 Å². The predicted octanol–water partition coefficient (Wildman–Crippen LogP) is -4.07. The second kappa shape index (κ2) is 6.90. The number of likely N-dealkylation sites (N-methyl/N-ethyl adjacent to an activating group) is 1. The van der Waals surface area contributed by atoms with Crippen molar-refractivity contribution in [2.75, 3.05) is 20.3 Å². The predicted molar refractivity (Wildman–Crippen MR) is 78.6 cm³/mol. The Labute approximate surface area is 138 Å². The van der Waals surface area contributed by atoms with Gasteiger partial charge in [0, 0.05) is 20.4 Å². The number of amides is 2. The fourth-order valence-corrected chi connectivity index (χ4v) is 3.76. The topological polar surface area (TPSA) is 160 Å². The highest BCUT2D eigenvalue weighted by Crippen LogP contribution is 2.44. The number of hydrogen-bond donors (Lipinski definition) is 6. The van der Waals surface area contributed by atoms with E-state index in [-0.39, 0.29) is 6.42 Å². The molecule has 7 atom stereocenters. The van der Waals surface area contributed by atoms with Crippen LogP contribution in [-0.2, 0) is 14.3 Å². The van der Waals surface area contributed by atoms with Crippen molar-refractivity contribution in [2.45, 2.75) is 55.4 Å². The van der Waals surface area contributed by atoms with Gasteiger partial charge in [0.2, 0.25) is 11.8 Å². The molecular formula is C14H24N2O8. The van der Waals surface area contributed by atoms with E-state index in [9.17, 15) is 35.1 Å². The van der Waals surface area contributed by atoms with Crippen LogP contribution >= 0.6 is 0 Å². The molecule has 0 radical (unpaired) electrons. The van der Waals surface area contributed by atoms with Gasteiger partial charge in [-0.1, -0.05) is 0 Å². The number of ether oxygens (including phenoxy) is 1. The maximum absolute atomic E-state index is 12.4. The molecule has 10 nitrogen and oxygen atoms in total. The van der Waals surface area contributed by atoms with Crippen LogP contribution in [-0.4, -0.2) is 105 Å². The third-order valence-corrected chi connectivity index (χ3v) is 4.86. The van der Waals surface area contributed by atoms with Crippen LogP contribution in [0.15, 0.2) is 0 Å². The van der Waals surface area contributed by atoms with Crippen molar-refractivity contribution in [3.05, 3.63) is 0 Å². The number of carbonyl (C=O) groups excluding carboxylic acids is 2. The summed E-state index contributed by atoms with van der Waals surface area (Å²) in [5.74, 6) is -1.17. The zero-order valence-corrected chi connectivity index (χ0v) is 13.5. The van der Waals surface area contributed by atoms with E-state index in [1.807, 2.05) is 0 Å². The van der Waals surface area contributed by atoms with E-state index in [4.69, 9.17) is 4.74 Å². The summed E-state index contributed by atoms with van der Waals surface area (Å²) in [6.07, 6.45) is -6.32. The van der Waals surface area contributed by atoms with Crippen LogP contribution in [0.25, 0.3) is 0 Å². The van der Waals surface area contributed by atoms with Gasteiger partial charge in [0.25, 0.3) is 0 Å². The van der Waals surface area contributed by atoms with Crippen molar-refractivity contribution in [3.63, 3.8) is 0 Å². The molecule has 0 saturated carbocycles. The lowest BCUT2D eigenvalue weighted by Crippen LogP contribution is -2.71. The molecule has 10 heteroatoms. The summed E-state index contributed by atoms with van der Waals surface area (Å²) >= 11 is 0. The molecule has 2 heterocycles. The van der Waals surface area contributed by atoms with Gasteiger partial charge in [-0.15, -0.1) is 0 Å². The van der Waals surface area contributed by atoms with Crippen molar-refractivity contribution in [3.8, 4) is 0 Å². The van der Waals surface area contributed by atoms with Crippen LogP contribution in [0.2, 0.25) is 0 Å². The van der Waals surface area contributed by atoms with Gasteiger partial charge in [0.15, 0.2) is 0 Å². The molecular weight excluding hydrogens is 324 g/mol. The summed E-state index contributed by atoms with van der Waals surface area (Å²) in [5, 5.41) is 51.9. The Balaban J connectivity index is 2.54. The molecule has 6 N–H and O–H groups in total. The van der Waals surface area contributed by atoms with Crippen LogP contribution in [0, 0.1) is 0 Å². The Kier molecular flexibility index (Phi) is 5.47. The highest BCUT2D eigenvalue weighted by Gasteiger charge is 2.66. The normalized spacial score (nSPS) is 42.4. The van der Waals surface area contributed by atoms with Gasteiger partial charge < -0.3 is 40.5 Å². The van der Waals surface area contributed by atoms with Gasteiger partial charge in [0.05, 0.1) is 19.3 Å². The van der Waals surface area contributed by atoms with Crippen molar-refractivity contribution in [1.82, 2.24) is 10.2 Å². The van der Waals surface area contributed by atoms with Gasteiger partial charge >= 0.3 is 0 Å². The van der Waals surface area contributed by atoms with Crippen LogP contribution in [0.5, 0.6) is 0 Å². The Hall–Kier alpha value is -1.30. The summed E-state index contributed by atoms with van der Waals surface area (Å²) in [7, 11) is 1.34. The summed E-state index contributed by atoms with van der Waals surface area (Å²) in [4.78, 5) is 25.5. The first kappa shape index (κ1) is 19.0. The highest BCUT2D eigenvalue weighted by atomic mass is 16.6. The SMILES string of the molecule is CNC(=O)[C@H]1N(C(C)=O)[C@H](CO)C[C@]12O[C@H](CO)[C@@H](O)[C@H](O)[C@H]2O. The number of hydrogen-bond acceptors (Lipinski definition) is 8. The average Bonchev–Trinajstić information content (AvgIpc) is 2.91. The molecule has 0 aromatic rings. The zero-order chi connectivity index (χ0) is 18.2. The first-order valence-corrected chi connectivity index (χ1v) is 7.69. The maximum atomic E-state index is 12.4. The number of nitrogens with one attached hydrogen (secondary N) is 1. The lowest BCUT2D eigenvalue weighted by atomic mass is 9.78. The first-order valence-electron chi connectivity index (χ1n) is 7.69. The quantitative estimate of drug-likeness (QED) is 0.300. The minimum atomic E-state index is -1.76. The van der Waals surface area contributed by atoms with E-state index < -0.39 is 67.1 Å². The summed E-state index contributed by atoms with van der Waals surface area (Å²) in [6, 6.07) is -2.15. The Morgan fingerprint density at radius 1 is 1.21 bits per heavy atom.